The van der Waals surface area contributed by atoms with Crippen molar-refractivity contribution in [3.8, 4) is 0 Å². The van der Waals surface area contributed by atoms with Gasteiger partial charge >= 0.3 is 0 Å². The summed E-state index contributed by atoms with van der Waals surface area (Å²) in [4.78, 5) is 3.41. The molecule has 3 N–H and O–H groups in total. The number of nitrogens with one attached hydrogen (secondary N) is 1. The van der Waals surface area contributed by atoms with E-state index in [1.807, 2.05) is 18.4 Å². The Labute approximate surface area is 125 Å². The lowest BCUT2D eigenvalue weighted by Crippen LogP contribution is -2.49. The summed E-state index contributed by atoms with van der Waals surface area (Å²) in [5.41, 5.74) is 7.75. The molecule has 1 heterocycles. The molecule has 0 saturated carbocycles. The minimum atomic E-state index is 0.138. The van der Waals surface area contributed by atoms with Crippen LogP contribution in [0.4, 0.5) is 5.69 Å². The van der Waals surface area contributed by atoms with Crippen molar-refractivity contribution in [3.63, 3.8) is 0 Å². The van der Waals surface area contributed by atoms with Gasteiger partial charge in [-0.15, -0.1) is 11.8 Å². The van der Waals surface area contributed by atoms with Gasteiger partial charge < -0.3 is 15.4 Å². The molecule has 4 nitrogen and oxygen atoms in total. The number of thioether (sulfide) groups is 1. The maximum absolute atomic E-state index is 7.92. The standard InChI is InChI=1S/C15H23N3OS/c1-4-11-9-19-10(2)8-18(11)12-6-5-7-13(20-3)14(12)15(16)17/h5-7,10-11H,4,8-9H2,1-3H3,(H3,16,17). The van der Waals surface area contributed by atoms with Crippen LogP contribution in [0.25, 0.3) is 0 Å². The van der Waals surface area contributed by atoms with Crippen molar-refractivity contribution in [2.45, 2.75) is 37.3 Å². The average molecular weight is 293 g/mol. The number of anilines is 1. The minimum Gasteiger partial charge on any atom is -0.384 e. The molecule has 0 radical (unpaired) electrons. The van der Waals surface area contributed by atoms with Gasteiger partial charge in [-0.3, -0.25) is 5.41 Å². The van der Waals surface area contributed by atoms with E-state index in [1.54, 1.807) is 11.8 Å². The van der Waals surface area contributed by atoms with Crippen LogP contribution >= 0.6 is 11.8 Å². The summed E-state index contributed by atoms with van der Waals surface area (Å²) < 4.78 is 5.76. The molecule has 2 atom stereocenters. The van der Waals surface area contributed by atoms with Crippen molar-refractivity contribution in [3.05, 3.63) is 23.8 Å². The molecule has 0 spiro atoms. The van der Waals surface area contributed by atoms with Gasteiger partial charge in [0.05, 0.1) is 24.3 Å². The van der Waals surface area contributed by atoms with Crippen molar-refractivity contribution in [2.75, 3.05) is 24.3 Å². The highest BCUT2D eigenvalue weighted by Crippen LogP contribution is 2.32. The Morgan fingerprint density at radius 3 is 2.90 bits per heavy atom. The second-order valence-electron chi connectivity index (χ2n) is 5.13. The number of nitrogen functional groups attached to an aromatic ring is 1. The van der Waals surface area contributed by atoms with E-state index in [4.69, 9.17) is 15.9 Å². The molecule has 1 aliphatic heterocycles. The van der Waals surface area contributed by atoms with Crippen LogP contribution < -0.4 is 10.6 Å². The van der Waals surface area contributed by atoms with E-state index in [1.165, 1.54) is 0 Å². The predicted octanol–water partition coefficient (Wildman–Crippen LogP) is 2.70. The quantitative estimate of drug-likeness (QED) is 0.509. The van der Waals surface area contributed by atoms with Crippen molar-refractivity contribution in [2.24, 2.45) is 5.73 Å². The van der Waals surface area contributed by atoms with Gasteiger partial charge in [-0.05, 0) is 31.7 Å². The lowest BCUT2D eigenvalue weighted by atomic mass is 10.1. The first kappa shape index (κ1) is 15.2. The van der Waals surface area contributed by atoms with Gasteiger partial charge in [0.1, 0.15) is 5.84 Å². The third-order valence-corrected chi connectivity index (χ3v) is 4.52. The van der Waals surface area contributed by atoms with Gasteiger partial charge in [-0.25, -0.2) is 0 Å². The molecule has 1 aromatic rings. The average Bonchev–Trinajstić information content (AvgIpc) is 2.46. The zero-order valence-corrected chi connectivity index (χ0v) is 13.2. The Morgan fingerprint density at radius 1 is 1.55 bits per heavy atom. The highest BCUT2D eigenvalue weighted by atomic mass is 32.2. The normalized spacial score (nSPS) is 22.9. The molecule has 2 unspecified atom stereocenters. The maximum Gasteiger partial charge on any atom is 0.126 e. The molecule has 2 rings (SSSR count). The third-order valence-electron chi connectivity index (χ3n) is 3.74. The minimum absolute atomic E-state index is 0.138. The fraction of sp³-hybridized carbons (Fsp3) is 0.533. The van der Waals surface area contributed by atoms with Gasteiger partial charge in [0, 0.05) is 17.1 Å². The molecule has 0 aliphatic carbocycles. The molecular weight excluding hydrogens is 270 g/mol. The van der Waals surface area contributed by atoms with Crippen LogP contribution in [-0.2, 0) is 4.74 Å². The number of amidine groups is 1. The van der Waals surface area contributed by atoms with E-state index >= 15 is 0 Å². The fourth-order valence-electron chi connectivity index (χ4n) is 2.68. The molecule has 110 valence electrons. The summed E-state index contributed by atoms with van der Waals surface area (Å²) in [5.74, 6) is 0.138. The number of morpholine rings is 1. The summed E-state index contributed by atoms with van der Waals surface area (Å²) in [5, 5.41) is 7.92. The zero-order valence-electron chi connectivity index (χ0n) is 12.3. The predicted molar refractivity (Wildman–Crippen MR) is 86.1 cm³/mol. The van der Waals surface area contributed by atoms with E-state index in [9.17, 15) is 0 Å². The monoisotopic (exact) mass is 293 g/mol. The van der Waals surface area contributed by atoms with Crippen LogP contribution in [0.5, 0.6) is 0 Å². The van der Waals surface area contributed by atoms with Gasteiger partial charge in [-0.2, -0.15) is 0 Å². The summed E-state index contributed by atoms with van der Waals surface area (Å²) in [6, 6.07) is 6.48. The van der Waals surface area contributed by atoms with Gasteiger partial charge in [0.25, 0.3) is 0 Å². The van der Waals surface area contributed by atoms with Gasteiger partial charge in [0.2, 0.25) is 0 Å². The first-order valence-electron chi connectivity index (χ1n) is 6.98. The van der Waals surface area contributed by atoms with Crippen LogP contribution in [0.1, 0.15) is 25.8 Å². The number of rotatable bonds is 4. The number of nitrogens with two attached hydrogens (primary N) is 1. The van der Waals surface area contributed by atoms with E-state index in [0.29, 0.717) is 6.04 Å². The van der Waals surface area contributed by atoms with Gasteiger partial charge in [0.15, 0.2) is 0 Å². The Kier molecular flexibility index (Phi) is 4.94. The molecule has 1 aliphatic rings. The molecule has 1 aromatic carbocycles. The maximum atomic E-state index is 7.92. The Balaban J connectivity index is 2.46. The molecule has 20 heavy (non-hydrogen) atoms. The second kappa shape index (κ2) is 6.50. The molecule has 1 saturated heterocycles. The molecule has 1 fully saturated rings. The SMILES string of the molecule is CCC1COC(C)CN1c1cccc(SC)c1C(=N)N. The van der Waals surface area contributed by atoms with Crippen LogP contribution in [0, 0.1) is 5.41 Å². The highest BCUT2D eigenvalue weighted by molar-refractivity contribution is 7.98. The van der Waals surface area contributed by atoms with Crippen molar-refractivity contribution < 1.29 is 4.74 Å². The zero-order chi connectivity index (χ0) is 14.7. The largest absolute Gasteiger partial charge is 0.384 e. The van der Waals surface area contributed by atoms with Crippen LogP contribution in [0.3, 0.4) is 0 Å². The van der Waals surface area contributed by atoms with E-state index in [2.05, 4.69) is 24.8 Å². The van der Waals surface area contributed by atoms with E-state index in [0.717, 1.165) is 35.7 Å². The van der Waals surface area contributed by atoms with Crippen molar-refractivity contribution in [1.82, 2.24) is 0 Å². The molecule has 0 aromatic heterocycles. The first-order chi connectivity index (χ1) is 9.58. The number of nitrogens with zero attached hydrogens (tertiary/aromatic N) is 1. The van der Waals surface area contributed by atoms with Crippen LogP contribution in [-0.4, -0.2) is 37.4 Å². The van der Waals surface area contributed by atoms with Gasteiger partial charge in [-0.1, -0.05) is 13.0 Å². The summed E-state index contributed by atoms with van der Waals surface area (Å²) >= 11 is 1.63. The number of benzene rings is 1. The summed E-state index contributed by atoms with van der Waals surface area (Å²) in [6.07, 6.45) is 3.24. The van der Waals surface area contributed by atoms with Crippen LogP contribution in [0.15, 0.2) is 23.1 Å². The first-order valence-corrected chi connectivity index (χ1v) is 8.20. The number of hydrogen-bond acceptors (Lipinski definition) is 4. The summed E-state index contributed by atoms with van der Waals surface area (Å²) in [6.45, 7) is 5.84. The lowest BCUT2D eigenvalue weighted by molar-refractivity contribution is 0.0299. The Bertz CT molecular complexity index is 492. The lowest BCUT2D eigenvalue weighted by Gasteiger charge is -2.41. The third kappa shape index (κ3) is 2.94. The smallest absolute Gasteiger partial charge is 0.126 e. The highest BCUT2D eigenvalue weighted by Gasteiger charge is 2.28. The molecule has 0 bridgehead atoms. The summed E-state index contributed by atoms with van der Waals surface area (Å²) in [7, 11) is 0. The van der Waals surface area contributed by atoms with Crippen LogP contribution in [0.2, 0.25) is 0 Å². The number of hydrogen-bond donors (Lipinski definition) is 2. The molecular formula is C15H23N3OS. The molecule has 0 amide bonds. The number of ether oxygens (including phenoxy) is 1. The van der Waals surface area contributed by atoms with Crippen molar-refractivity contribution in [1.29, 1.82) is 5.41 Å². The van der Waals surface area contributed by atoms with Crippen molar-refractivity contribution >= 4 is 23.3 Å². The molecule has 5 heteroatoms. The second-order valence-corrected chi connectivity index (χ2v) is 5.97. The van der Waals surface area contributed by atoms with E-state index < -0.39 is 0 Å². The topological polar surface area (TPSA) is 62.3 Å². The van der Waals surface area contributed by atoms with E-state index in [-0.39, 0.29) is 11.9 Å². The fourth-order valence-corrected chi connectivity index (χ4v) is 3.31. The Morgan fingerprint density at radius 2 is 2.30 bits per heavy atom. The Hall–Kier alpha value is -1.20.